The van der Waals surface area contributed by atoms with Crippen molar-refractivity contribution in [2.24, 2.45) is 5.73 Å². The molecule has 0 unspecified atom stereocenters. The van der Waals surface area contributed by atoms with E-state index >= 15 is 0 Å². The van der Waals surface area contributed by atoms with Crippen LogP contribution in [0.5, 0.6) is 5.75 Å². The predicted molar refractivity (Wildman–Crippen MR) is 99.6 cm³/mol. The molecule has 0 aromatic heterocycles. The Morgan fingerprint density at radius 3 is 2.12 bits per heavy atom. The van der Waals surface area contributed by atoms with Crippen LogP contribution in [0, 0.1) is 0 Å². The monoisotopic (exact) mass is 337 g/mol. The van der Waals surface area contributed by atoms with Crippen LogP contribution in [0.15, 0.2) is 54.6 Å². The van der Waals surface area contributed by atoms with Crippen molar-refractivity contribution in [3.8, 4) is 5.75 Å². The fourth-order valence-electron chi connectivity index (χ4n) is 2.23. The Morgan fingerprint density at radius 2 is 1.60 bits per heavy atom. The molecule has 0 heterocycles. The third-order valence-electron chi connectivity index (χ3n) is 3.72. The molecule has 0 radical (unpaired) electrons. The van der Waals surface area contributed by atoms with Gasteiger partial charge in [-0.1, -0.05) is 51.1 Å². The van der Waals surface area contributed by atoms with Gasteiger partial charge >= 0.3 is 0 Å². The van der Waals surface area contributed by atoms with Crippen LogP contribution in [0.4, 0.5) is 0 Å². The molecule has 130 valence electrons. The average molecular weight is 337 g/mol. The second-order valence-electron chi connectivity index (χ2n) is 6.85. The summed E-state index contributed by atoms with van der Waals surface area (Å²) in [5.74, 6) is -0.140. The topological polar surface area (TPSA) is 69.4 Å². The van der Waals surface area contributed by atoms with Crippen molar-refractivity contribution < 1.29 is 14.3 Å². The Hall–Kier alpha value is -2.88. The lowest BCUT2D eigenvalue weighted by Gasteiger charge is -2.18. The van der Waals surface area contributed by atoms with E-state index in [1.54, 1.807) is 36.4 Å². The number of ketones is 1. The SMILES string of the molecule is CC(C)(C)c1ccc(/C=C/C(=O)c2ccc(OCC(N)=O)cc2)cc1. The van der Waals surface area contributed by atoms with Crippen LogP contribution in [-0.2, 0) is 10.2 Å². The lowest BCUT2D eigenvalue weighted by molar-refractivity contribution is -0.119. The smallest absolute Gasteiger partial charge is 0.255 e. The molecule has 4 heteroatoms. The van der Waals surface area contributed by atoms with Crippen molar-refractivity contribution in [1.82, 2.24) is 0 Å². The standard InChI is InChI=1S/C21H23NO3/c1-21(2,3)17-9-4-15(5-10-17)6-13-19(23)16-7-11-18(12-8-16)25-14-20(22)24/h4-13H,14H2,1-3H3,(H2,22,24)/b13-6+. The molecule has 0 bridgehead atoms. The second kappa shape index (κ2) is 7.79. The number of hydrogen-bond donors (Lipinski definition) is 1. The van der Waals surface area contributed by atoms with E-state index in [1.807, 2.05) is 12.1 Å². The lowest BCUT2D eigenvalue weighted by atomic mass is 9.87. The zero-order valence-electron chi connectivity index (χ0n) is 14.8. The number of carbonyl (C=O) groups excluding carboxylic acids is 2. The van der Waals surface area contributed by atoms with Crippen LogP contribution < -0.4 is 10.5 Å². The maximum absolute atomic E-state index is 12.2. The van der Waals surface area contributed by atoms with Gasteiger partial charge in [-0.3, -0.25) is 9.59 Å². The third-order valence-corrected chi connectivity index (χ3v) is 3.72. The second-order valence-corrected chi connectivity index (χ2v) is 6.85. The molecule has 2 rings (SSSR count). The minimum atomic E-state index is -0.541. The van der Waals surface area contributed by atoms with E-state index in [1.165, 1.54) is 5.56 Å². The van der Waals surface area contributed by atoms with Gasteiger partial charge in [0.1, 0.15) is 5.75 Å². The van der Waals surface area contributed by atoms with E-state index in [0.29, 0.717) is 11.3 Å². The van der Waals surface area contributed by atoms with Crippen molar-refractivity contribution >= 4 is 17.8 Å². The number of benzene rings is 2. The van der Waals surface area contributed by atoms with Crippen LogP contribution >= 0.6 is 0 Å². The van der Waals surface area contributed by atoms with Crippen LogP contribution in [0.1, 0.15) is 42.3 Å². The van der Waals surface area contributed by atoms with Gasteiger partial charge in [0.05, 0.1) is 0 Å². The zero-order valence-corrected chi connectivity index (χ0v) is 14.8. The fourth-order valence-corrected chi connectivity index (χ4v) is 2.23. The van der Waals surface area contributed by atoms with Crippen molar-refractivity contribution in [3.63, 3.8) is 0 Å². The first-order valence-electron chi connectivity index (χ1n) is 8.10. The molecular formula is C21H23NO3. The van der Waals surface area contributed by atoms with E-state index in [-0.39, 0.29) is 17.8 Å². The summed E-state index contributed by atoms with van der Waals surface area (Å²) in [7, 11) is 0. The third kappa shape index (κ3) is 5.60. The van der Waals surface area contributed by atoms with Gasteiger partial charge in [0.2, 0.25) is 0 Å². The van der Waals surface area contributed by atoms with Crippen molar-refractivity contribution in [2.75, 3.05) is 6.61 Å². The Balaban J connectivity index is 2.01. The normalized spacial score (nSPS) is 11.5. The summed E-state index contributed by atoms with van der Waals surface area (Å²) < 4.78 is 5.17. The number of carbonyl (C=O) groups is 2. The van der Waals surface area contributed by atoms with Gasteiger partial charge in [-0.25, -0.2) is 0 Å². The van der Waals surface area contributed by atoms with E-state index in [9.17, 15) is 9.59 Å². The molecule has 2 aromatic rings. The number of rotatable bonds is 6. The summed E-state index contributed by atoms with van der Waals surface area (Å²) in [4.78, 5) is 22.9. The summed E-state index contributed by atoms with van der Waals surface area (Å²) >= 11 is 0. The molecule has 0 saturated carbocycles. The molecule has 1 amide bonds. The van der Waals surface area contributed by atoms with Crippen molar-refractivity contribution in [3.05, 3.63) is 71.3 Å². The largest absolute Gasteiger partial charge is 0.484 e. The Labute approximate surface area is 148 Å². The van der Waals surface area contributed by atoms with Gasteiger partial charge < -0.3 is 10.5 Å². The number of primary amides is 1. The van der Waals surface area contributed by atoms with Gasteiger partial charge in [0, 0.05) is 5.56 Å². The summed E-state index contributed by atoms with van der Waals surface area (Å²) in [5.41, 5.74) is 7.90. The molecule has 4 nitrogen and oxygen atoms in total. The summed E-state index contributed by atoms with van der Waals surface area (Å²) in [6.45, 7) is 6.31. The number of amides is 1. The Bertz CT molecular complexity index is 766. The molecular weight excluding hydrogens is 314 g/mol. The molecule has 2 aromatic carbocycles. The van der Waals surface area contributed by atoms with Gasteiger partial charge in [-0.2, -0.15) is 0 Å². The van der Waals surface area contributed by atoms with Crippen LogP contribution in [0.25, 0.3) is 6.08 Å². The van der Waals surface area contributed by atoms with E-state index < -0.39 is 5.91 Å². The quantitative estimate of drug-likeness (QED) is 0.645. The predicted octanol–water partition coefficient (Wildman–Crippen LogP) is 3.74. The molecule has 0 aliphatic heterocycles. The van der Waals surface area contributed by atoms with Crippen LogP contribution in [0.2, 0.25) is 0 Å². The summed E-state index contributed by atoms with van der Waals surface area (Å²) in [6, 6.07) is 14.8. The molecule has 0 atom stereocenters. The van der Waals surface area contributed by atoms with Crippen LogP contribution in [0.3, 0.4) is 0 Å². The van der Waals surface area contributed by atoms with E-state index in [4.69, 9.17) is 10.5 Å². The molecule has 25 heavy (non-hydrogen) atoms. The molecule has 0 aliphatic carbocycles. The van der Waals surface area contributed by atoms with E-state index in [0.717, 1.165) is 5.56 Å². The molecule has 0 aliphatic rings. The molecule has 2 N–H and O–H groups in total. The molecule has 0 saturated heterocycles. The summed E-state index contributed by atoms with van der Waals surface area (Å²) in [5, 5.41) is 0. The number of allylic oxidation sites excluding steroid dienone is 1. The van der Waals surface area contributed by atoms with Crippen LogP contribution in [-0.4, -0.2) is 18.3 Å². The Morgan fingerprint density at radius 1 is 1.00 bits per heavy atom. The number of ether oxygens (including phenoxy) is 1. The number of hydrogen-bond acceptors (Lipinski definition) is 3. The fraction of sp³-hybridized carbons (Fsp3) is 0.238. The first-order valence-corrected chi connectivity index (χ1v) is 8.10. The highest BCUT2D eigenvalue weighted by molar-refractivity contribution is 6.06. The summed E-state index contributed by atoms with van der Waals surface area (Å²) in [6.07, 6.45) is 3.34. The van der Waals surface area contributed by atoms with E-state index in [2.05, 4.69) is 32.9 Å². The van der Waals surface area contributed by atoms with Crippen molar-refractivity contribution in [2.45, 2.75) is 26.2 Å². The van der Waals surface area contributed by atoms with Gasteiger partial charge in [-0.15, -0.1) is 0 Å². The van der Waals surface area contributed by atoms with Crippen molar-refractivity contribution in [1.29, 1.82) is 0 Å². The highest BCUT2D eigenvalue weighted by Crippen LogP contribution is 2.22. The minimum Gasteiger partial charge on any atom is -0.484 e. The maximum Gasteiger partial charge on any atom is 0.255 e. The zero-order chi connectivity index (χ0) is 18.4. The first kappa shape index (κ1) is 18.5. The lowest BCUT2D eigenvalue weighted by Crippen LogP contribution is -2.19. The molecule has 0 fully saturated rings. The minimum absolute atomic E-state index is 0.0960. The highest BCUT2D eigenvalue weighted by Gasteiger charge is 2.12. The van der Waals surface area contributed by atoms with Gasteiger partial charge in [-0.05, 0) is 46.9 Å². The maximum atomic E-state index is 12.2. The Kier molecular flexibility index (Phi) is 5.75. The number of nitrogens with two attached hydrogens (primary N) is 1. The van der Waals surface area contributed by atoms with Gasteiger partial charge in [0.25, 0.3) is 5.91 Å². The highest BCUT2D eigenvalue weighted by atomic mass is 16.5. The molecule has 0 spiro atoms. The first-order chi connectivity index (χ1) is 11.8. The van der Waals surface area contributed by atoms with Gasteiger partial charge in [0.15, 0.2) is 12.4 Å². The average Bonchev–Trinajstić information content (AvgIpc) is 2.58.